The van der Waals surface area contributed by atoms with E-state index in [1.54, 1.807) is 24.3 Å². The van der Waals surface area contributed by atoms with E-state index in [9.17, 15) is 14.0 Å². The molecule has 4 aromatic rings. The van der Waals surface area contributed by atoms with E-state index in [-0.39, 0.29) is 11.3 Å². The molecule has 2 aromatic carbocycles. The van der Waals surface area contributed by atoms with E-state index in [0.717, 1.165) is 4.52 Å². The van der Waals surface area contributed by atoms with Gasteiger partial charge in [0.25, 0.3) is 5.56 Å². The maximum absolute atomic E-state index is 13.0. The van der Waals surface area contributed by atoms with Gasteiger partial charge in [-0.1, -0.05) is 12.1 Å². The standard InChI is InChI=1S/C16H9FN4O2/c17-10-7-5-9(6-8-10)13-15(22)19-14-11-3-1-2-4-12(11)18-16(23)21(14)20-13/h1-8H,(H,18,23). The number of hydrogen-bond acceptors (Lipinski definition) is 4. The fraction of sp³-hybridized carbons (Fsp3) is 0. The largest absolute Gasteiger partial charge is 0.348 e. The van der Waals surface area contributed by atoms with Gasteiger partial charge in [-0.05, 0) is 36.4 Å². The van der Waals surface area contributed by atoms with Crippen LogP contribution in [0, 0.1) is 5.82 Å². The molecule has 0 fully saturated rings. The molecule has 0 spiro atoms. The summed E-state index contributed by atoms with van der Waals surface area (Å²) in [6.45, 7) is 0. The van der Waals surface area contributed by atoms with E-state index in [1.807, 2.05) is 0 Å². The van der Waals surface area contributed by atoms with Crippen molar-refractivity contribution in [2.45, 2.75) is 0 Å². The average Bonchev–Trinajstić information content (AvgIpc) is 2.55. The number of fused-ring (bicyclic) bond motifs is 3. The van der Waals surface area contributed by atoms with Crippen LogP contribution in [-0.2, 0) is 0 Å². The van der Waals surface area contributed by atoms with Crippen molar-refractivity contribution in [3.05, 3.63) is 75.2 Å². The maximum atomic E-state index is 13.0. The number of aromatic nitrogens is 4. The monoisotopic (exact) mass is 308 g/mol. The fourth-order valence-corrected chi connectivity index (χ4v) is 2.45. The zero-order chi connectivity index (χ0) is 16.0. The van der Waals surface area contributed by atoms with Crippen LogP contribution in [-0.4, -0.2) is 19.6 Å². The molecule has 0 aliphatic heterocycles. The number of para-hydroxylation sites is 1. The number of nitrogens with zero attached hydrogens (tertiary/aromatic N) is 3. The van der Waals surface area contributed by atoms with Crippen molar-refractivity contribution in [3.63, 3.8) is 0 Å². The summed E-state index contributed by atoms with van der Waals surface area (Å²) in [5.74, 6) is -0.425. The predicted octanol–water partition coefficient (Wildman–Crippen LogP) is 1.74. The van der Waals surface area contributed by atoms with Crippen LogP contribution in [0.3, 0.4) is 0 Å². The van der Waals surface area contributed by atoms with E-state index >= 15 is 0 Å². The molecule has 0 saturated heterocycles. The van der Waals surface area contributed by atoms with Crippen molar-refractivity contribution in [1.82, 2.24) is 19.6 Å². The van der Waals surface area contributed by atoms with E-state index in [1.165, 1.54) is 24.3 Å². The predicted molar refractivity (Wildman–Crippen MR) is 82.8 cm³/mol. The number of halogens is 1. The number of aromatic amines is 1. The SMILES string of the molecule is O=c1nc2c3ccccc3[nH]c(=O)n2nc1-c1ccc(F)cc1. The minimum absolute atomic E-state index is 0.0109. The Morgan fingerprint density at radius 3 is 2.52 bits per heavy atom. The highest BCUT2D eigenvalue weighted by Gasteiger charge is 2.12. The van der Waals surface area contributed by atoms with E-state index in [0.29, 0.717) is 16.5 Å². The molecular formula is C16H9FN4O2. The van der Waals surface area contributed by atoms with Gasteiger partial charge in [0.05, 0.1) is 5.52 Å². The third-order valence-electron chi connectivity index (χ3n) is 3.53. The Balaban J connectivity index is 2.10. The highest BCUT2D eigenvalue weighted by molar-refractivity contribution is 5.90. The van der Waals surface area contributed by atoms with E-state index in [4.69, 9.17) is 0 Å². The second-order valence-electron chi connectivity index (χ2n) is 4.98. The first-order chi connectivity index (χ1) is 11.1. The molecule has 2 heterocycles. The van der Waals surface area contributed by atoms with Crippen LogP contribution in [0.5, 0.6) is 0 Å². The molecule has 6 nitrogen and oxygen atoms in total. The first-order valence-corrected chi connectivity index (χ1v) is 6.81. The van der Waals surface area contributed by atoms with Gasteiger partial charge in [0, 0.05) is 10.9 Å². The van der Waals surface area contributed by atoms with Crippen molar-refractivity contribution < 1.29 is 4.39 Å². The summed E-state index contributed by atoms with van der Waals surface area (Å²) in [4.78, 5) is 31.1. The van der Waals surface area contributed by atoms with Gasteiger partial charge in [-0.3, -0.25) is 4.79 Å². The van der Waals surface area contributed by atoms with E-state index in [2.05, 4.69) is 15.1 Å². The van der Waals surface area contributed by atoms with Crippen LogP contribution in [0.25, 0.3) is 27.8 Å². The third kappa shape index (κ3) is 2.10. The molecule has 0 radical (unpaired) electrons. The van der Waals surface area contributed by atoms with Crippen LogP contribution < -0.4 is 11.2 Å². The summed E-state index contributed by atoms with van der Waals surface area (Å²) in [5, 5.41) is 4.71. The van der Waals surface area contributed by atoms with Gasteiger partial charge in [-0.25, -0.2) is 9.18 Å². The highest BCUT2D eigenvalue weighted by atomic mass is 19.1. The summed E-state index contributed by atoms with van der Waals surface area (Å²) in [7, 11) is 0. The lowest BCUT2D eigenvalue weighted by atomic mass is 10.1. The van der Waals surface area contributed by atoms with E-state index < -0.39 is 17.1 Å². The molecule has 4 rings (SSSR count). The van der Waals surface area contributed by atoms with Crippen LogP contribution in [0.4, 0.5) is 4.39 Å². The molecule has 0 aliphatic rings. The smallest absolute Gasteiger partial charge is 0.305 e. The van der Waals surface area contributed by atoms with Gasteiger partial charge < -0.3 is 4.98 Å². The van der Waals surface area contributed by atoms with Gasteiger partial charge >= 0.3 is 5.69 Å². The first kappa shape index (κ1) is 13.3. The molecule has 2 aromatic heterocycles. The Labute approximate surface area is 127 Å². The van der Waals surface area contributed by atoms with Crippen molar-refractivity contribution in [2.24, 2.45) is 0 Å². The van der Waals surface area contributed by atoms with Crippen LogP contribution in [0.15, 0.2) is 58.1 Å². The lowest BCUT2D eigenvalue weighted by Crippen LogP contribution is -2.25. The first-order valence-electron chi connectivity index (χ1n) is 6.81. The topological polar surface area (TPSA) is 80.1 Å². The minimum atomic E-state index is -0.577. The Morgan fingerprint density at radius 2 is 1.74 bits per heavy atom. The van der Waals surface area contributed by atoms with Gasteiger partial charge in [0.15, 0.2) is 11.3 Å². The normalized spacial score (nSPS) is 11.2. The summed E-state index contributed by atoms with van der Waals surface area (Å²) >= 11 is 0. The molecule has 1 N–H and O–H groups in total. The average molecular weight is 308 g/mol. The summed E-state index contributed by atoms with van der Waals surface area (Å²) < 4.78 is 14.1. The Bertz CT molecular complexity index is 1160. The molecule has 0 bridgehead atoms. The summed E-state index contributed by atoms with van der Waals surface area (Å²) in [5.41, 5.74) is 0.0528. The highest BCUT2D eigenvalue weighted by Crippen LogP contribution is 2.16. The van der Waals surface area contributed by atoms with Crippen LogP contribution in [0.2, 0.25) is 0 Å². The van der Waals surface area contributed by atoms with Gasteiger partial charge in [-0.15, -0.1) is 0 Å². The number of H-pyrrole nitrogens is 1. The maximum Gasteiger partial charge on any atom is 0.348 e. The summed E-state index contributed by atoms with van der Waals surface area (Å²) in [6.07, 6.45) is 0. The molecule has 0 amide bonds. The summed E-state index contributed by atoms with van der Waals surface area (Å²) in [6, 6.07) is 12.3. The molecule has 7 heteroatoms. The van der Waals surface area contributed by atoms with Gasteiger partial charge in [0.1, 0.15) is 5.82 Å². The lowest BCUT2D eigenvalue weighted by Gasteiger charge is -2.05. The molecular weight excluding hydrogens is 299 g/mol. The fourth-order valence-electron chi connectivity index (χ4n) is 2.45. The number of hydrogen-bond donors (Lipinski definition) is 1. The zero-order valence-corrected chi connectivity index (χ0v) is 11.7. The zero-order valence-electron chi connectivity index (χ0n) is 11.7. The van der Waals surface area contributed by atoms with Crippen molar-refractivity contribution in [2.75, 3.05) is 0 Å². The van der Waals surface area contributed by atoms with Crippen LogP contribution >= 0.6 is 0 Å². The molecule has 112 valence electrons. The van der Waals surface area contributed by atoms with Crippen molar-refractivity contribution in [3.8, 4) is 11.3 Å². The number of rotatable bonds is 1. The van der Waals surface area contributed by atoms with Gasteiger partial charge in [0.2, 0.25) is 0 Å². The lowest BCUT2D eigenvalue weighted by molar-refractivity contribution is 0.628. The number of benzene rings is 2. The second-order valence-corrected chi connectivity index (χ2v) is 4.98. The molecule has 0 atom stereocenters. The van der Waals surface area contributed by atoms with Crippen molar-refractivity contribution in [1.29, 1.82) is 0 Å². The Morgan fingerprint density at radius 1 is 1.00 bits per heavy atom. The number of nitrogens with one attached hydrogen (secondary N) is 1. The molecule has 0 aliphatic carbocycles. The third-order valence-corrected chi connectivity index (χ3v) is 3.53. The molecule has 23 heavy (non-hydrogen) atoms. The van der Waals surface area contributed by atoms with Gasteiger partial charge in [-0.2, -0.15) is 14.6 Å². The molecule has 0 saturated carbocycles. The van der Waals surface area contributed by atoms with Crippen molar-refractivity contribution >= 4 is 16.6 Å². The second kappa shape index (κ2) is 4.84. The quantitative estimate of drug-likeness (QED) is 0.543. The van der Waals surface area contributed by atoms with Crippen LogP contribution in [0.1, 0.15) is 0 Å². The molecule has 0 unspecified atom stereocenters. The Kier molecular flexibility index (Phi) is 2.80. The Hall–Kier alpha value is -3.35. The minimum Gasteiger partial charge on any atom is -0.305 e.